The van der Waals surface area contributed by atoms with E-state index >= 15 is 0 Å². The minimum atomic E-state index is 0.0340. The minimum Gasteiger partial charge on any atom is -0.376 e. The highest BCUT2D eigenvalue weighted by Crippen LogP contribution is 2.33. The van der Waals surface area contributed by atoms with Crippen LogP contribution in [0.2, 0.25) is 0 Å². The molecular formula is C12H24N2O2. The van der Waals surface area contributed by atoms with Crippen molar-refractivity contribution in [3.05, 3.63) is 0 Å². The van der Waals surface area contributed by atoms with E-state index < -0.39 is 0 Å². The number of morpholine rings is 1. The summed E-state index contributed by atoms with van der Waals surface area (Å²) in [6, 6.07) is 0. The van der Waals surface area contributed by atoms with Gasteiger partial charge in [-0.2, -0.15) is 0 Å². The standard InChI is InChI=1S/C12H24N2O2/c1-9-6-14(7-10(2)16-9)12(8-13)4-5-15-11(12)3/h9-11H,4-8,13H2,1-3H3/t9-,10+,11?,12?. The molecule has 2 saturated heterocycles. The quantitative estimate of drug-likeness (QED) is 0.752. The lowest BCUT2D eigenvalue weighted by molar-refractivity contribution is -0.111. The lowest BCUT2D eigenvalue weighted by Crippen LogP contribution is -2.63. The second-order valence-corrected chi connectivity index (χ2v) is 5.23. The van der Waals surface area contributed by atoms with E-state index in [0.717, 1.165) is 26.1 Å². The molecule has 0 bridgehead atoms. The monoisotopic (exact) mass is 228 g/mol. The predicted octanol–water partition coefficient (Wildman–Crippen LogP) is 0.602. The van der Waals surface area contributed by atoms with Gasteiger partial charge in [0, 0.05) is 26.2 Å². The Morgan fingerprint density at radius 2 is 1.88 bits per heavy atom. The molecule has 0 aliphatic carbocycles. The first-order valence-corrected chi connectivity index (χ1v) is 6.30. The Bertz CT molecular complexity index is 239. The van der Waals surface area contributed by atoms with Crippen LogP contribution in [0, 0.1) is 0 Å². The SMILES string of the molecule is CC1OCCC1(CN)N1C[C@@H](C)O[C@@H](C)C1. The normalized spacial score (nSPS) is 46.1. The molecule has 0 aromatic heterocycles. The maximum atomic E-state index is 6.02. The van der Waals surface area contributed by atoms with Gasteiger partial charge in [-0.1, -0.05) is 0 Å². The summed E-state index contributed by atoms with van der Waals surface area (Å²) in [5, 5.41) is 0. The van der Waals surface area contributed by atoms with Crippen LogP contribution in [-0.2, 0) is 9.47 Å². The number of hydrogen-bond acceptors (Lipinski definition) is 4. The van der Waals surface area contributed by atoms with E-state index in [4.69, 9.17) is 15.2 Å². The molecule has 4 atom stereocenters. The highest BCUT2D eigenvalue weighted by Gasteiger charge is 2.47. The van der Waals surface area contributed by atoms with Crippen LogP contribution in [-0.4, -0.2) is 55.0 Å². The lowest BCUT2D eigenvalue weighted by Gasteiger charge is -2.47. The van der Waals surface area contributed by atoms with Gasteiger partial charge in [-0.15, -0.1) is 0 Å². The molecule has 0 radical (unpaired) electrons. The predicted molar refractivity (Wildman–Crippen MR) is 63.4 cm³/mol. The minimum absolute atomic E-state index is 0.0340. The summed E-state index contributed by atoms with van der Waals surface area (Å²) in [4.78, 5) is 2.49. The first kappa shape index (κ1) is 12.3. The number of rotatable bonds is 2. The van der Waals surface area contributed by atoms with E-state index in [-0.39, 0.29) is 11.6 Å². The molecule has 2 unspecified atom stereocenters. The van der Waals surface area contributed by atoms with Crippen LogP contribution in [0.15, 0.2) is 0 Å². The van der Waals surface area contributed by atoms with Crippen LogP contribution in [0.4, 0.5) is 0 Å². The van der Waals surface area contributed by atoms with Crippen molar-refractivity contribution in [1.29, 1.82) is 0 Å². The molecule has 0 amide bonds. The molecule has 4 nitrogen and oxygen atoms in total. The van der Waals surface area contributed by atoms with Crippen LogP contribution in [0.3, 0.4) is 0 Å². The second kappa shape index (κ2) is 4.61. The Balaban J connectivity index is 2.14. The van der Waals surface area contributed by atoms with Crippen molar-refractivity contribution in [2.24, 2.45) is 5.73 Å². The van der Waals surface area contributed by atoms with Gasteiger partial charge < -0.3 is 15.2 Å². The molecule has 94 valence electrons. The zero-order valence-electron chi connectivity index (χ0n) is 10.6. The largest absolute Gasteiger partial charge is 0.376 e. The fourth-order valence-corrected chi connectivity index (χ4v) is 3.12. The van der Waals surface area contributed by atoms with Crippen molar-refractivity contribution in [1.82, 2.24) is 4.90 Å². The van der Waals surface area contributed by atoms with Gasteiger partial charge in [-0.3, -0.25) is 4.90 Å². The third-order valence-electron chi connectivity index (χ3n) is 4.06. The average Bonchev–Trinajstić information content (AvgIpc) is 2.59. The zero-order chi connectivity index (χ0) is 11.8. The molecule has 2 aliphatic rings. The fraction of sp³-hybridized carbons (Fsp3) is 1.00. The topological polar surface area (TPSA) is 47.7 Å². The lowest BCUT2D eigenvalue weighted by atomic mass is 9.88. The zero-order valence-corrected chi connectivity index (χ0v) is 10.6. The van der Waals surface area contributed by atoms with Crippen molar-refractivity contribution in [2.45, 2.75) is 51.0 Å². The molecule has 0 spiro atoms. The molecule has 4 heteroatoms. The molecule has 0 saturated carbocycles. The van der Waals surface area contributed by atoms with Crippen LogP contribution in [0.25, 0.3) is 0 Å². The summed E-state index contributed by atoms with van der Waals surface area (Å²) >= 11 is 0. The van der Waals surface area contributed by atoms with Gasteiger partial charge in [0.25, 0.3) is 0 Å². The fourth-order valence-electron chi connectivity index (χ4n) is 3.12. The molecule has 16 heavy (non-hydrogen) atoms. The molecular weight excluding hydrogens is 204 g/mol. The van der Waals surface area contributed by atoms with Crippen molar-refractivity contribution in [2.75, 3.05) is 26.2 Å². The third kappa shape index (κ3) is 1.99. The summed E-state index contributed by atoms with van der Waals surface area (Å²) in [5.74, 6) is 0. The van der Waals surface area contributed by atoms with E-state index in [1.807, 2.05) is 0 Å². The van der Waals surface area contributed by atoms with Crippen LogP contribution in [0.5, 0.6) is 0 Å². The number of hydrogen-bond donors (Lipinski definition) is 1. The first-order chi connectivity index (χ1) is 7.58. The smallest absolute Gasteiger partial charge is 0.0743 e. The number of nitrogens with two attached hydrogens (primary N) is 1. The van der Waals surface area contributed by atoms with Gasteiger partial charge in [0.15, 0.2) is 0 Å². The second-order valence-electron chi connectivity index (χ2n) is 5.23. The summed E-state index contributed by atoms with van der Waals surface area (Å²) in [5.41, 5.74) is 6.05. The Labute approximate surface area is 98.1 Å². The van der Waals surface area contributed by atoms with E-state index in [1.54, 1.807) is 0 Å². The van der Waals surface area contributed by atoms with Crippen LogP contribution in [0.1, 0.15) is 27.2 Å². The Kier molecular flexibility index (Phi) is 3.54. The van der Waals surface area contributed by atoms with E-state index in [0.29, 0.717) is 18.8 Å². The first-order valence-electron chi connectivity index (χ1n) is 6.30. The van der Waals surface area contributed by atoms with Gasteiger partial charge in [0.1, 0.15) is 0 Å². The van der Waals surface area contributed by atoms with Gasteiger partial charge in [0.2, 0.25) is 0 Å². The maximum absolute atomic E-state index is 6.02. The van der Waals surface area contributed by atoms with E-state index in [2.05, 4.69) is 25.7 Å². The van der Waals surface area contributed by atoms with Crippen molar-refractivity contribution < 1.29 is 9.47 Å². The highest BCUT2D eigenvalue weighted by molar-refractivity contribution is 5.02. The van der Waals surface area contributed by atoms with Crippen molar-refractivity contribution in [3.8, 4) is 0 Å². The molecule has 2 aliphatic heterocycles. The summed E-state index contributed by atoms with van der Waals surface area (Å²) in [6.45, 7) is 9.85. The Morgan fingerprint density at radius 1 is 1.25 bits per heavy atom. The van der Waals surface area contributed by atoms with Gasteiger partial charge in [-0.05, 0) is 27.2 Å². The van der Waals surface area contributed by atoms with Gasteiger partial charge in [-0.25, -0.2) is 0 Å². The molecule has 2 N–H and O–H groups in total. The highest BCUT2D eigenvalue weighted by atomic mass is 16.5. The van der Waals surface area contributed by atoms with Crippen molar-refractivity contribution >= 4 is 0 Å². The molecule has 0 aromatic carbocycles. The molecule has 0 aromatic rings. The Morgan fingerprint density at radius 3 is 2.31 bits per heavy atom. The molecule has 2 rings (SSSR count). The molecule has 2 heterocycles. The maximum Gasteiger partial charge on any atom is 0.0743 e. The van der Waals surface area contributed by atoms with Crippen LogP contribution < -0.4 is 5.73 Å². The number of ether oxygens (including phenoxy) is 2. The summed E-state index contributed by atoms with van der Waals surface area (Å²) in [7, 11) is 0. The molecule has 2 fully saturated rings. The van der Waals surface area contributed by atoms with Gasteiger partial charge >= 0.3 is 0 Å². The van der Waals surface area contributed by atoms with E-state index in [9.17, 15) is 0 Å². The summed E-state index contributed by atoms with van der Waals surface area (Å²) in [6.07, 6.45) is 1.86. The van der Waals surface area contributed by atoms with Crippen molar-refractivity contribution in [3.63, 3.8) is 0 Å². The summed E-state index contributed by atoms with van der Waals surface area (Å²) < 4.78 is 11.5. The Hall–Kier alpha value is -0.160. The van der Waals surface area contributed by atoms with Crippen LogP contribution >= 0.6 is 0 Å². The van der Waals surface area contributed by atoms with E-state index in [1.165, 1.54) is 0 Å². The average molecular weight is 228 g/mol. The number of nitrogens with zero attached hydrogens (tertiary/aromatic N) is 1. The third-order valence-corrected chi connectivity index (χ3v) is 4.06. The van der Waals surface area contributed by atoms with Gasteiger partial charge in [0.05, 0.1) is 23.9 Å².